The number of carboxylic acid groups (broad SMARTS) is 1. The summed E-state index contributed by atoms with van der Waals surface area (Å²) in [4.78, 5) is 19.9. The van der Waals surface area contributed by atoms with Crippen molar-refractivity contribution in [3.63, 3.8) is 0 Å². The standard InChI is InChI=1S/C15H23N3O2/c1-9(2)13-8-10(3)16-15(18-13)17-12-6-4-11(5-7-12)14(19)20/h8-9,11-12H,4-7H2,1-3H3,(H,19,20)(H,16,17,18). The Morgan fingerprint density at radius 1 is 1.30 bits per heavy atom. The number of hydrogen-bond donors (Lipinski definition) is 2. The van der Waals surface area contributed by atoms with Crippen LogP contribution in [0.5, 0.6) is 0 Å². The third-order valence-electron chi connectivity index (χ3n) is 3.88. The van der Waals surface area contributed by atoms with Crippen LogP contribution in [-0.4, -0.2) is 27.1 Å². The smallest absolute Gasteiger partial charge is 0.306 e. The van der Waals surface area contributed by atoms with Crippen molar-refractivity contribution in [2.45, 2.75) is 58.4 Å². The lowest BCUT2D eigenvalue weighted by molar-refractivity contribution is -0.142. The topological polar surface area (TPSA) is 75.1 Å². The first-order valence-electron chi connectivity index (χ1n) is 7.30. The van der Waals surface area contributed by atoms with E-state index >= 15 is 0 Å². The highest BCUT2D eigenvalue weighted by molar-refractivity contribution is 5.70. The molecule has 1 aromatic rings. The van der Waals surface area contributed by atoms with Gasteiger partial charge in [0, 0.05) is 17.4 Å². The molecule has 2 N–H and O–H groups in total. The van der Waals surface area contributed by atoms with Crippen molar-refractivity contribution in [1.29, 1.82) is 0 Å². The minimum Gasteiger partial charge on any atom is -0.481 e. The normalized spacial score (nSPS) is 22.8. The van der Waals surface area contributed by atoms with Crippen LogP contribution in [0.3, 0.4) is 0 Å². The predicted molar refractivity (Wildman–Crippen MR) is 77.9 cm³/mol. The van der Waals surface area contributed by atoms with Crippen molar-refractivity contribution in [3.05, 3.63) is 17.5 Å². The second-order valence-corrected chi connectivity index (χ2v) is 5.94. The van der Waals surface area contributed by atoms with Crippen molar-refractivity contribution in [2.24, 2.45) is 5.92 Å². The van der Waals surface area contributed by atoms with E-state index in [1.807, 2.05) is 13.0 Å². The molecule has 20 heavy (non-hydrogen) atoms. The molecule has 0 atom stereocenters. The second-order valence-electron chi connectivity index (χ2n) is 5.94. The Kier molecular flexibility index (Phi) is 4.57. The molecule has 0 unspecified atom stereocenters. The molecule has 0 saturated heterocycles. The molecule has 0 amide bonds. The number of carbonyl (C=O) groups is 1. The summed E-state index contributed by atoms with van der Waals surface area (Å²) >= 11 is 0. The van der Waals surface area contributed by atoms with Gasteiger partial charge in [-0.2, -0.15) is 0 Å². The molecule has 5 heteroatoms. The molecule has 1 heterocycles. The minimum atomic E-state index is -0.669. The number of aliphatic carboxylic acids is 1. The largest absolute Gasteiger partial charge is 0.481 e. The average molecular weight is 277 g/mol. The van der Waals surface area contributed by atoms with Gasteiger partial charge in [0.15, 0.2) is 0 Å². The van der Waals surface area contributed by atoms with Crippen LogP contribution in [0.4, 0.5) is 5.95 Å². The van der Waals surface area contributed by atoms with Crippen LogP contribution in [0, 0.1) is 12.8 Å². The summed E-state index contributed by atoms with van der Waals surface area (Å²) in [6.07, 6.45) is 3.20. The zero-order valence-electron chi connectivity index (χ0n) is 12.4. The van der Waals surface area contributed by atoms with Crippen molar-refractivity contribution in [2.75, 3.05) is 5.32 Å². The molecule has 0 radical (unpaired) electrons. The fraction of sp³-hybridized carbons (Fsp3) is 0.667. The van der Waals surface area contributed by atoms with Gasteiger partial charge in [-0.15, -0.1) is 0 Å². The summed E-state index contributed by atoms with van der Waals surface area (Å²) in [6, 6.07) is 2.30. The van der Waals surface area contributed by atoms with Gasteiger partial charge in [-0.05, 0) is 44.6 Å². The number of aromatic nitrogens is 2. The van der Waals surface area contributed by atoms with E-state index < -0.39 is 5.97 Å². The fourth-order valence-electron chi connectivity index (χ4n) is 2.62. The van der Waals surface area contributed by atoms with Gasteiger partial charge >= 0.3 is 5.97 Å². The minimum absolute atomic E-state index is 0.183. The van der Waals surface area contributed by atoms with Gasteiger partial charge < -0.3 is 10.4 Å². The number of nitrogens with zero attached hydrogens (tertiary/aromatic N) is 2. The van der Waals surface area contributed by atoms with Gasteiger partial charge in [-0.3, -0.25) is 4.79 Å². The molecule has 1 fully saturated rings. The van der Waals surface area contributed by atoms with Crippen LogP contribution in [0.1, 0.15) is 56.8 Å². The first-order chi connectivity index (χ1) is 9.45. The molecule has 5 nitrogen and oxygen atoms in total. The van der Waals surface area contributed by atoms with Crippen LogP contribution >= 0.6 is 0 Å². The monoisotopic (exact) mass is 277 g/mol. The van der Waals surface area contributed by atoms with Gasteiger partial charge in [0.1, 0.15) is 0 Å². The Hall–Kier alpha value is -1.65. The highest BCUT2D eigenvalue weighted by atomic mass is 16.4. The summed E-state index contributed by atoms with van der Waals surface area (Å²) < 4.78 is 0. The van der Waals surface area contributed by atoms with Crippen molar-refractivity contribution in [1.82, 2.24) is 9.97 Å². The number of nitrogens with one attached hydrogen (secondary N) is 1. The molecule has 1 aliphatic rings. The molecule has 1 saturated carbocycles. The molecule has 0 aliphatic heterocycles. The van der Waals surface area contributed by atoms with Gasteiger partial charge in [0.05, 0.1) is 5.92 Å². The van der Waals surface area contributed by atoms with Gasteiger partial charge in [-0.25, -0.2) is 9.97 Å². The maximum absolute atomic E-state index is 10.9. The van der Waals surface area contributed by atoms with Crippen molar-refractivity contribution < 1.29 is 9.90 Å². The van der Waals surface area contributed by atoms with Gasteiger partial charge in [0.25, 0.3) is 0 Å². The number of anilines is 1. The quantitative estimate of drug-likeness (QED) is 0.885. The lowest BCUT2D eigenvalue weighted by Gasteiger charge is -2.27. The Morgan fingerprint density at radius 3 is 2.50 bits per heavy atom. The molecular formula is C15H23N3O2. The van der Waals surface area contributed by atoms with E-state index in [-0.39, 0.29) is 12.0 Å². The number of hydrogen-bond acceptors (Lipinski definition) is 4. The predicted octanol–water partition coefficient (Wildman–Crippen LogP) is 2.96. The molecular weight excluding hydrogens is 254 g/mol. The third-order valence-corrected chi connectivity index (χ3v) is 3.88. The Balaban J connectivity index is 1.99. The van der Waals surface area contributed by atoms with E-state index in [2.05, 4.69) is 29.1 Å². The first kappa shape index (κ1) is 14.8. The molecule has 110 valence electrons. The Labute approximate surface area is 119 Å². The zero-order chi connectivity index (χ0) is 14.7. The first-order valence-corrected chi connectivity index (χ1v) is 7.30. The highest BCUT2D eigenvalue weighted by Gasteiger charge is 2.26. The molecule has 0 spiro atoms. The Morgan fingerprint density at radius 2 is 1.95 bits per heavy atom. The van der Waals surface area contributed by atoms with Crippen LogP contribution in [0.2, 0.25) is 0 Å². The second kappa shape index (κ2) is 6.20. The summed E-state index contributed by atoms with van der Waals surface area (Å²) in [5.41, 5.74) is 2.00. The van der Waals surface area contributed by atoms with Crippen LogP contribution < -0.4 is 5.32 Å². The van der Waals surface area contributed by atoms with Crippen LogP contribution in [0.15, 0.2) is 6.07 Å². The maximum Gasteiger partial charge on any atom is 0.306 e. The fourth-order valence-corrected chi connectivity index (χ4v) is 2.62. The van der Waals surface area contributed by atoms with E-state index in [4.69, 9.17) is 5.11 Å². The zero-order valence-corrected chi connectivity index (χ0v) is 12.4. The SMILES string of the molecule is Cc1cc(C(C)C)nc(NC2CCC(C(=O)O)CC2)n1. The molecule has 1 aliphatic carbocycles. The van der Waals surface area contributed by atoms with E-state index in [0.717, 1.165) is 37.1 Å². The summed E-state index contributed by atoms with van der Waals surface area (Å²) in [7, 11) is 0. The summed E-state index contributed by atoms with van der Waals surface area (Å²) in [6.45, 7) is 6.20. The molecule has 0 aromatic carbocycles. The van der Waals surface area contributed by atoms with Crippen molar-refractivity contribution >= 4 is 11.9 Å². The number of rotatable bonds is 4. The average Bonchev–Trinajstić information content (AvgIpc) is 2.38. The van der Waals surface area contributed by atoms with Gasteiger partial charge in [-0.1, -0.05) is 13.8 Å². The highest BCUT2D eigenvalue weighted by Crippen LogP contribution is 2.26. The van der Waals surface area contributed by atoms with E-state index in [1.165, 1.54) is 0 Å². The van der Waals surface area contributed by atoms with E-state index in [0.29, 0.717) is 11.9 Å². The number of aryl methyl sites for hydroxylation is 1. The van der Waals surface area contributed by atoms with Crippen LogP contribution in [-0.2, 0) is 4.79 Å². The van der Waals surface area contributed by atoms with Crippen molar-refractivity contribution in [3.8, 4) is 0 Å². The number of carboxylic acids is 1. The maximum atomic E-state index is 10.9. The lowest BCUT2D eigenvalue weighted by atomic mass is 9.86. The van der Waals surface area contributed by atoms with E-state index in [1.54, 1.807) is 0 Å². The lowest BCUT2D eigenvalue weighted by Crippen LogP contribution is -2.30. The summed E-state index contributed by atoms with van der Waals surface area (Å²) in [5, 5.41) is 12.4. The van der Waals surface area contributed by atoms with E-state index in [9.17, 15) is 4.79 Å². The Bertz CT molecular complexity index is 480. The van der Waals surface area contributed by atoms with Gasteiger partial charge in [0.2, 0.25) is 5.95 Å². The summed E-state index contributed by atoms with van der Waals surface area (Å²) in [5.74, 6) is 0.197. The third kappa shape index (κ3) is 3.68. The molecule has 1 aromatic heterocycles. The van der Waals surface area contributed by atoms with Crippen LogP contribution in [0.25, 0.3) is 0 Å². The molecule has 0 bridgehead atoms. The molecule has 2 rings (SSSR count).